The number of nitrogens with zero attached hydrogens (tertiary/aromatic N) is 1. The van der Waals surface area contributed by atoms with E-state index >= 15 is 0 Å². The lowest BCUT2D eigenvalue weighted by molar-refractivity contribution is 0.445. The van der Waals surface area contributed by atoms with Crippen molar-refractivity contribution in [2.45, 2.75) is 40.0 Å². The van der Waals surface area contributed by atoms with E-state index in [1.54, 1.807) is 18.3 Å². The summed E-state index contributed by atoms with van der Waals surface area (Å²) in [6, 6.07) is 9.21. The smallest absolute Gasteiger partial charge is 0.141 e. The summed E-state index contributed by atoms with van der Waals surface area (Å²) < 4.78 is 0. The maximum atomic E-state index is 10.5. The highest BCUT2D eigenvalue weighted by atomic mass is 16.3. The molecular formula is C19H23NO2. The zero-order chi connectivity index (χ0) is 16.5. The molecule has 0 amide bonds. The molecule has 0 fully saturated rings. The first kappa shape index (κ1) is 16.1. The van der Waals surface area contributed by atoms with Crippen molar-refractivity contribution < 1.29 is 10.2 Å². The van der Waals surface area contributed by atoms with Crippen LogP contribution in [0.5, 0.6) is 11.5 Å². The molecule has 2 N–H and O–H groups in total. The molecule has 0 unspecified atom stereocenters. The van der Waals surface area contributed by atoms with Crippen LogP contribution in [0.25, 0.3) is 0 Å². The summed E-state index contributed by atoms with van der Waals surface area (Å²) in [6.07, 6.45) is 1.60. The van der Waals surface area contributed by atoms with Crippen LogP contribution in [0.3, 0.4) is 0 Å². The first-order chi connectivity index (χ1) is 10.2. The number of aliphatic imine (C=N–C) groups is 1. The van der Waals surface area contributed by atoms with E-state index in [0.29, 0.717) is 11.3 Å². The molecule has 0 aliphatic heterocycles. The van der Waals surface area contributed by atoms with Gasteiger partial charge >= 0.3 is 0 Å². The zero-order valence-corrected chi connectivity index (χ0v) is 13.8. The van der Waals surface area contributed by atoms with E-state index in [2.05, 4.69) is 25.8 Å². The second kappa shape index (κ2) is 5.84. The van der Waals surface area contributed by atoms with Gasteiger partial charge in [-0.25, -0.2) is 0 Å². The van der Waals surface area contributed by atoms with Gasteiger partial charge in [0.15, 0.2) is 0 Å². The molecule has 0 saturated carbocycles. The summed E-state index contributed by atoms with van der Waals surface area (Å²) in [4.78, 5) is 4.31. The molecule has 0 heterocycles. The molecule has 0 atom stereocenters. The predicted molar refractivity (Wildman–Crippen MR) is 91.6 cm³/mol. The number of benzene rings is 2. The standard InChI is InChI=1S/C19H23NO2/c1-12-6-7-16(17(21)10-12)20-11-14-8-13(2)9-15(18(14)22)19(3,4)5/h6-11,21-22H,1-5H3. The Labute approximate surface area is 132 Å². The lowest BCUT2D eigenvalue weighted by Gasteiger charge is -2.22. The van der Waals surface area contributed by atoms with Crippen LogP contribution in [-0.2, 0) is 5.41 Å². The SMILES string of the molecule is Cc1ccc(N=Cc2cc(C)cc(C(C)(C)C)c2O)c(O)c1. The minimum atomic E-state index is -0.148. The molecule has 2 rings (SSSR count). The molecule has 0 spiro atoms. The van der Waals surface area contributed by atoms with Crippen LogP contribution in [-0.4, -0.2) is 16.4 Å². The fraction of sp³-hybridized carbons (Fsp3) is 0.316. The van der Waals surface area contributed by atoms with E-state index < -0.39 is 0 Å². The maximum absolute atomic E-state index is 10.5. The Kier molecular flexibility index (Phi) is 4.27. The Balaban J connectivity index is 2.45. The Morgan fingerprint density at radius 1 is 0.955 bits per heavy atom. The summed E-state index contributed by atoms with van der Waals surface area (Å²) in [5, 5.41) is 20.4. The number of rotatable bonds is 2. The maximum Gasteiger partial charge on any atom is 0.141 e. The van der Waals surface area contributed by atoms with Crippen molar-refractivity contribution in [1.82, 2.24) is 0 Å². The predicted octanol–water partition coefficient (Wildman–Crippen LogP) is 4.76. The van der Waals surface area contributed by atoms with Crippen LogP contribution in [0.2, 0.25) is 0 Å². The van der Waals surface area contributed by atoms with Crippen molar-refractivity contribution in [2.75, 3.05) is 0 Å². The Morgan fingerprint density at radius 2 is 1.64 bits per heavy atom. The zero-order valence-electron chi connectivity index (χ0n) is 13.8. The lowest BCUT2D eigenvalue weighted by atomic mass is 9.84. The van der Waals surface area contributed by atoms with Gasteiger partial charge in [0.1, 0.15) is 17.2 Å². The van der Waals surface area contributed by atoms with Crippen LogP contribution in [0.4, 0.5) is 5.69 Å². The molecule has 0 bridgehead atoms. The van der Waals surface area contributed by atoms with E-state index in [4.69, 9.17) is 0 Å². The number of aryl methyl sites for hydroxylation is 2. The molecule has 2 aromatic rings. The number of aromatic hydroxyl groups is 2. The second-order valence-electron chi connectivity index (χ2n) is 6.75. The molecular weight excluding hydrogens is 274 g/mol. The first-order valence-corrected chi connectivity index (χ1v) is 7.36. The molecule has 0 aromatic heterocycles. The minimum absolute atomic E-state index is 0.138. The van der Waals surface area contributed by atoms with E-state index in [1.165, 1.54) is 0 Å². The van der Waals surface area contributed by atoms with Crippen LogP contribution >= 0.6 is 0 Å². The molecule has 22 heavy (non-hydrogen) atoms. The summed E-state index contributed by atoms with van der Waals surface area (Å²) >= 11 is 0. The fourth-order valence-corrected chi connectivity index (χ4v) is 2.36. The molecule has 0 radical (unpaired) electrons. The van der Waals surface area contributed by atoms with E-state index in [-0.39, 0.29) is 16.9 Å². The summed E-state index contributed by atoms with van der Waals surface area (Å²) in [5.41, 5.74) is 3.93. The number of phenolic OH excluding ortho intramolecular Hbond substituents is 2. The molecule has 0 saturated heterocycles. The van der Waals surface area contributed by atoms with Gasteiger partial charge in [-0.15, -0.1) is 0 Å². The van der Waals surface area contributed by atoms with E-state index in [9.17, 15) is 10.2 Å². The van der Waals surface area contributed by atoms with Gasteiger partial charge in [-0.2, -0.15) is 0 Å². The van der Waals surface area contributed by atoms with Gasteiger partial charge < -0.3 is 10.2 Å². The topological polar surface area (TPSA) is 52.8 Å². The number of phenols is 2. The highest BCUT2D eigenvalue weighted by Crippen LogP contribution is 2.34. The van der Waals surface area contributed by atoms with Gasteiger partial charge in [0.25, 0.3) is 0 Å². The summed E-state index contributed by atoms with van der Waals surface area (Å²) in [7, 11) is 0. The van der Waals surface area contributed by atoms with Crippen molar-refractivity contribution in [3.63, 3.8) is 0 Å². The molecule has 0 aliphatic carbocycles. The highest BCUT2D eigenvalue weighted by Gasteiger charge is 2.20. The lowest BCUT2D eigenvalue weighted by Crippen LogP contribution is -2.12. The van der Waals surface area contributed by atoms with E-state index in [0.717, 1.165) is 16.7 Å². The van der Waals surface area contributed by atoms with Crippen molar-refractivity contribution in [1.29, 1.82) is 0 Å². The quantitative estimate of drug-likeness (QED) is 0.785. The van der Waals surface area contributed by atoms with Crippen LogP contribution < -0.4 is 0 Å². The van der Waals surface area contributed by atoms with Crippen molar-refractivity contribution in [3.05, 3.63) is 52.6 Å². The van der Waals surface area contributed by atoms with Crippen molar-refractivity contribution in [2.24, 2.45) is 4.99 Å². The van der Waals surface area contributed by atoms with Crippen molar-refractivity contribution >= 4 is 11.9 Å². The molecule has 3 heteroatoms. The largest absolute Gasteiger partial charge is 0.507 e. The minimum Gasteiger partial charge on any atom is -0.507 e. The van der Waals surface area contributed by atoms with Gasteiger partial charge in [0.05, 0.1) is 0 Å². The third-order valence-corrected chi connectivity index (χ3v) is 3.57. The van der Waals surface area contributed by atoms with Gasteiger partial charge in [-0.3, -0.25) is 4.99 Å². The Bertz CT molecular complexity index is 725. The first-order valence-electron chi connectivity index (χ1n) is 7.36. The van der Waals surface area contributed by atoms with Crippen LogP contribution in [0.15, 0.2) is 35.3 Å². The average molecular weight is 297 g/mol. The number of hydrogen-bond donors (Lipinski definition) is 2. The Hall–Kier alpha value is -2.29. The highest BCUT2D eigenvalue weighted by molar-refractivity contribution is 5.87. The van der Waals surface area contributed by atoms with Crippen molar-refractivity contribution in [3.8, 4) is 11.5 Å². The third-order valence-electron chi connectivity index (χ3n) is 3.57. The van der Waals surface area contributed by atoms with E-state index in [1.807, 2.05) is 32.0 Å². The molecule has 0 aliphatic rings. The summed E-state index contributed by atoms with van der Waals surface area (Å²) in [5.74, 6) is 0.382. The summed E-state index contributed by atoms with van der Waals surface area (Å²) in [6.45, 7) is 10.1. The Morgan fingerprint density at radius 3 is 2.23 bits per heavy atom. The normalized spacial score (nSPS) is 12.0. The average Bonchev–Trinajstić information content (AvgIpc) is 2.39. The number of hydrogen-bond acceptors (Lipinski definition) is 3. The fourth-order valence-electron chi connectivity index (χ4n) is 2.36. The van der Waals surface area contributed by atoms with Crippen LogP contribution in [0.1, 0.15) is 43.0 Å². The van der Waals surface area contributed by atoms with Gasteiger partial charge in [-0.05, 0) is 48.6 Å². The second-order valence-corrected chi connectivity index (χ2v) is 6.75. The monoisotopic (exact) mass is 297 g/mol. The molecule has 116 valence electrons. The molecule has 3 nitrogen and oxygen atoms in total. The molecule has 2 aromatic carbocycles. The van der Waals surface area contributed by atoms with Gasteiger partial charge in [-0.1, -0.05) is 32.9 Å². The van der Waals surface area contributed by atoms with Gasteiger partial charge in [0, 0.05) is 17.3 Å². The van der Waals surface area contributed by atoms with Crippen LogP contribution in [0, 0.1) is 13.8 Å². The third kappa shape index (κ3) is 3.48. The van der Waals surface area contributed by atoms with Gasteiger partial charge in [0.2, 0.25) is 0 Å².